The van der Waals surface area contributed by atoms with E-state index >= 15 is 0 Å². The SMILES string of the molecule is CN(CCO)Cc1ccccc1C#CCN. The predicted octanol–water partition coefficient (Wildman–Crippen LogP) is 0.421. The van der Waals surface area contributed by atoms with Crippen LogP contribution in [0.3, 0.4) is 0 Å². The Kier molecular flexibility index (Phi) is 5.58. The Balaban J connectivity index is 2.78. The summed E-state index contributed by atoms with van der Waals surface area (Å²) in [5.41, 5.74) is 7.54. The maximum Gasteiger partial charge on any atom is 0.0558 e. The molecule has 3 N–H and O–H groups in total. The molecule has 0 amide bonds. The number of aliphatic hydroxyl groups is 1. The maximum absolute atomic E-state index is 8.84. The fraction of sp³-hybridized carbons (Fsp3) is 0.385. The number of hydrogen-bond donors (Lipinski definition) is 2. The van der Waals surface area contributed by atoms with Gasteiger partial charge >= 0.3 is 0 Å². The summed E-state index contributed by atoms with van der Waals surface area (Å²) in [4.78, 5) is 2.06. The minimum Gasteiger partial charge on any atom is -0.395 e. The van der Waals surface area contributed by atoms with E-state index in [0.29, 0.717) is 13.1 Å². The largest absolute Gasteiger partial charge is 0.395 e. The van der Waals surface area contributed by atoms with Crippen molar-refractivity contribution in [2.75, 3.05) is 26.7 Å². The Morgan fingerprint density at radius 1 is 1.38 bits per heavy atom. The first-order valence-corrected chi connectivity index (χ1v) is 5.34. The van der Waals surface area contributed by atoms with E-state index in [-0.39, 0.29) is 6.61 Å². The topological polar surface area (TPSA) is 49.5 Å². The van der Waals surface area contributed by atoms with Crippen molar-refractivity contribution in [3.05, 3.63) is 35.4 Å². The summed E-state index contributed by atoms with van der Waals surface area (Å²) in [5, 5.41) is 8.84. The highest BCUT2D eigenvalue weighted by molar-refractivity contribution is 5.41. The van der Waals surface area contributed by atoms with Crippen molar-refractivity contribution in [2.45, 2.75) is 6.54 Å². The molecule has 0 aliphatic heterocycles. The second-order valence-corrected chi connectivity index (χ2v) is 3.62. The minimum absolute atomic E-state index is 0.174. The highest BCUT2D eigenvalue weighted by Gasteiger charge is 2.02. The molecule has 16 heavy (non-hydrogen) atoms. The summed E-state index contributed by atoms with van der Waals surface area (Å²) >= 11 is 0. The molecule has 0 radical (unpaired) electrons. The Bertz CT molecular complexity index is 379. The average Bonchev–Trinajstić information content (AvgIpc) is 2.28. The second kappa shape index (κ2) is 7.02. The molecule has 1 aromatic carbocycles. The van der Waals surface area contributed by atoms with Gasteiger partial charge in [0, 0.05) is 18.7 Å². The van der Waals surface area contributed by atoms with Crippen molar-refractivity contribution >= 4 is 0 Å². The first-order chi connectivity index (χ1) is 7.77. The zero-order valence-electron chi connectivity index (χ0n) is 9.61. The normalized spacial score (nSPS) is 10.0. The molecule has 0 heterocycles. The molecular formula is C13H18N2O. The fourth-order valence-corrected chi connectivity index (χ4v) is 1.47. The van der Waals surface area contributed by atoms with E-state index < -0.39 is 0 Å². The highest BCUT2D eigenvalue weighted by atomic mass is 16.3. The van der Waals surface area contributed by atoms with Gasteiger partial charge in [0.1, 0.15) is 0 Å². The zero-order chi connectivity index (χ0) is 11.8. The molecule has 0 unspecified atom stereocenters. The molecule has 3 nitrogen and oxygen atoms in total. The lowest BCUT2D eigenvalue weighted by molar-refractivity contribution is 0.217. The van der Waals surface area contributed by atoms with Crippen LogP contribution >= 0.6 is 0 Å². The van der Waals surface area contributed by atoms with Crippen LogP contribution in [-0.2, 0) is 6.54 Å². The smallest absolute Gasteiger partial charge is 0.0558 e. The molecule has 0 saturated carbocycles. The first kappa shape index (κ1) is 12.7. The van der Waals surface area contributed by atoms with E-state index in [1.807, 2.05) is 25.2 Å². The highest BCUT2D eigenvalue weighted by Crippen LogP contribution is 2.09. The fourth-order valence-electron chi connectivity index (χ4n) is 1.47. The van der Waals surface area contributed by atoms with Gasteiger partial charge in [0.2, 0.25) is 0 Å². The van der Waals surface area contributed by atoms with Crippen LogP contribution in [0.5, 0.6) is 0 Å². The summed E-state index contributed by atoms with van der Waals surface area (Å²) in [6, 6.07) is 8.00. The van der Waals surface area contributed by atoms with Gasteiger partial charge in [-0.2, -0.15) is 0 Å². The Hall–Kier alpha value is -1.34. The van der Waals surface area contributed by atoms with E-state index in [2.05, 4.69) is 22.8 Å². The summed E-state index contributed by atoms with van der Waals surface area (Å²) in [5.74, 6) is 5.92. The summed E-state index contributed by atoms with van der Waals surface area (Å²) < 4.78 is 0. The van der Waals surface area contributed by atoms with Crippen LogP contribution in [0.2, 0.25) is 0 Å². The standard InChI is InChI=1S/C13H18N2O/c1-15(9-10-16)11-13-6-3-2-5-12(13)7-4-8-14/h2-3,5-6,16H,8-11,14H2,1H3. The van der Waals surface area contributed by atoms with Crippen LogP contribution in [0.15, 0.2) is 24.3 Å². The Morgan fingerprint density at radius 2 is 2.12 bits per heavy atom. The van der Waals surface area contributed by atoms with Gasteiger partial charge in [-0.05, 0) is 18.7 Å². The van der Waals surface area contributed by atoms with E-state index in [0.717, 1.165) is 12.1 Å². The number of benzene rings is 1. The lowest BCUT2D eigenvalue weighted by Crippen LogP contribution is -2.21. The lowest BCUT2D eigenvalue weighted by atomic mass is 10.1. The summed E-state index contributed by atoms with van der Waals surface area (Å²) in [7, 11) is 1.98. The Labute approximate surface area is 96.9 Å². The van der Waals surface area contributed by atoms with Crippen molar-refractivity contribution in [2.24, 2.45) is 5.73 Å². The summed E-state index contributed by atoms with van der Waals surface area (Å²) in [6.07, 6.45) is 0. The van der Waals surface area contributed by atoms with E-state index in [9.17, 15) is 0 Å². The van der Waals surface area contributed by atoms with Gasteiger partial charge < -0.3 is 10.8 Å². The van der Waals surface area contributed by atoms with E-state index in [4.69, 9.17) is 10.8 Å². The van der Waals surface area contributed by atoms with Crippen molar-refractivity contribution < 1.29 is 5.11 Å². The molecule has 0 saturated heterocycles. The minimum atomic E-state index is 0.174. The zero-order valence-corrected chi connectivity index (χ0v) is 9.61. The monoisotopic (exact) mass is 218 g/mol. The molecule has 3 heteroatoms. The molecule has 0 atom stereocenters. The number of nitrogens with two attached hydrogens (primary N) is 1. The molecule has 0 aromatic heterocycles. The van der Waals surface area contributed by atoms with Crippen molar-refractivity contribution in [1.29, 1.82) is 0 Å². The van der Waals surface area contributed by atoms with Gasteiger partial charge in [0.15, 0.2) is 0 Å². The third-order valence-corrected chi connectivity index (χ3v) is 2.26. The number of rotatable bonds is 4. The third-order valence-electron chi connectivity index (χ3n) is 2.26. The quantitative estimate of drug-likeness (QED) is 0.720. The molecule has 0 spiro atoms. The van der Waals surface area contributed by atoms with Crippen LogP contribution in [0.1, 0.15) is 11.1 Å². The van der Waals surface area contributed by atoms with E-state index in [1.54, 1.807) is 0 Å². The van der Waals surface area contributed by atoms with Crippen LogP contribution in [0, 0.1) is 11.8 Å². The van der Waals surface area contributed by atoms with Crippen LogP contribution in [0.4, 0.5) is 0 Å². The molecule has 86 valence electrons. The van der Waals surface area contributed by atoms with Gasteiger partial charge in [-0.1, -0.05) is 30.0 Å². The van der Waals surface area contributed by atoms with Gasteiger partial charge in [-0.3, -0.25) is 4.90 Å². The summed E-state index contributed by atoms with van der Waals surface area (Å²) in [6.45, 7) is 2.00. The number of hydrogen-bond acceptors (Lipinski definition) is 3. The van der Waals surface area contributed by atoms with Crippen LogP contribution in [0.25, 0.3) is 0 Å². The van der Waals surface area contributed by atoms with Gasteiger partial charge in [0.25, 0.3) is 0 Å². The predicted molar refractivity (Wildman–Crippen MR) is 65.8 cm³/mol. The van der Waals surface area contributed by atoms with Crippen LogP contribution < -0.4 is 5.73 Å². The van der Waals surface area contributed by atoms with Gasteiger partial charge in [-0.15, -0.1) is 0 Å². The first-order valence-electron chi connectivity index (χ1n) is 5.34. The molecule has 0 aliphatic carbocycles. The van der Waals surface area contributed by atoms with Crippen LogP contribution in [-0.4, -0.2) is 36.8 Å². The van der Waals surface area contributed by atoms with Crippen molar-refractivity contribution in [1.82, 2.24) is 4.90 Å². The third kappa shape index (κ3) is 4.03. The molecule has 1 rings (SSSR count). The molecule has 0 fully saturated rings. The maximum atomic E-state index is 8.84. The molecule has 0 bridgehead atoms. The molecule has 1 aromatic rings. The molecular weight excluding hydrogens is 200 g/mol. The number of aliphatic hydroxyl groups excluding tert-OH is 1. The number of likely N-dealkylation sites (N-methyl/N-ethyl adjacent to an activating group) is 1. The average molecular weight is 218 g/mol. The second-order valence-electron chi connectivity index (χ2n) is 3.62. The van der Waals surface area contributed by atoms with Crippen molar-refractivity contribution in [3.63, 3.8) is 0 Å². The number of nitrogens with zero attached hydrogens (tertiary/aromatic N) is 1. The van der Waals surface area contributed by atoms with Gasteiger partial charge in [0.05, 0.1) is 13.2 Å². The Morgan fingerprint density at radius 3 is 2.81 bits per heavy atom. The molecule has 0 aliphatic rings. The van der Waals surface area contributed by atoms with Crippen molar-refractivity contribution in [3.8, 4) is 11.8 Å². The lowest BCUT2D eigenvalue weighted by Gasteiger charge is -2.15. The van der Waals surface area contributed by atoms with Gasteiger partial charge in [-0.25, -0.2) is 0 Å². The van der Waals surface area contributed by atoms with E-state index in [1.165, 1.54) is 5.56 Å².